The van der Waals surface area contributed by atoms with Crippen molar-refractivity contribution in [3.63, 3.8) is 0 Å². The van der Waals surface area contributed by atoms with Crippen LogP contribution in [0.3, 0.4) is 0 Å². The molecule has 10 heteroatoms. The number of alkyl halides is 3. The van der Waals surface area contributed by atoms with Crippen molar-refractivity contribution >= 4 is 5.91 Å². The number of amides is 1. The van der Waals surface area contributed by atoms with Crippen LogP contribution in [0.2, 0.25) is 0 Å². The summed E-state index contributed by atoms with van der Waals surface area (Å²) in [7, 11) is 0. The minimum Gasteiger partial charge on any atom is -0.271 e. The van der Waals surface area contributed by atoms with E-state index < -0.39 is 25.2 Å². The number of hydrogen-bond acceptors (Lipinski definition) is 5. The third kappa shape index (κ3) is 4.84. The average Bonchev–Trinajstić information content (AvgIpc) is 2.86. The maximum atomic E-state index is 11.8. The number of benzene rings is 1. The lowest BCUT2D eigenvalue weighted by atomic mass is 10.2. The van der Waals surface area contributed by atoms with Gasteiger partial charge in [-0.3, -0.25) is 9.63 Å². The molecule has 2 rings (SSSR count). The molecule has 21 heavy (non-hydrogen) atoms. The molecule has 112 valence electrons. The molecule has 0 fully saturated rings. The molecule has 0 atom stereocenters. The van der Waals surface area contributed by atoms with Gasteiger partial charge in [0.15, 0.2) is 6.61 Å². The van der Waals surface area contributed by atoms with Crippen molar-refractivity contribution in [1.82, 2.24) is 25.7 Å². The van der Waals surface area contributed by atoms with E-state index in [1.54, 1.807) is 29.7 Å². The molecule has 0 saturated heterocycles. The summed E-state index contributed by atoms with van der Waals surface area (Å²) >= 11 is 0. The van der Waals surface area contributed by atoms with Gasteiger partial charge in [0.05, 0.1) is 0 Å². The molecule has 0 saturated carbocycles. The van der Waals surface area contributed by atoms with Crippen LogP contribution in [0.5, 0.6) is 0 Å². The lowest BCUT2D eigenvalue weighted by Gasteiger charge is -2.07. The Morgan fingerprint density at radius 2 is 2.00 bits per heavy atom. The van der Waals surface area contributed by atoms with Gasteiger partial charge in [-0.15, -0.1) is 10.2 Å². The summed E-state index contributed by atoms with van der Waals surface area (Å²) in [6, 6.07) is 8.91. The number of rotatable bonds is 5. The van der Waals surface area contributed by atoms with Gasteiger partial charge in [-0.2, -0.15) is 18.0 Å². The third-order valence-electron chi connectivity index (χ3n) is 2.19. The highest BCUT2D eigenvalue weighted by Gasteiger charge is 2.28. The first-order chi connectivity index (χ1) is 9.94. The van der Waals surface area contributed by atoms with E-state index in [1.165, 1.54) is 0 Å². The summed E-state index contributed by atoms with van der Waals surface area (Å²) < 4.78 is 35.4. The van der Waals surface area contributed by atoms with Crippen molar-refractivity contribution in [2.24, 2.45) is 0 Å². The van der Waals surface area contributed by atoms with Crippen LogP contribution in [-0.4, -0.2) is 38.9 Å². The fourth-order valence-electron chi connectivity index (χ4n) is 1.37. The smallest absolute Gasteiger partial charge is 0.271 e. The summed E-state index contributed by atoms with van der Waals surface area (Å²) in [6.07, 6.45) is -4.51. The fourth-order valence-corrected chi connectivity index (χ4v) is 1.37. The van der Waals surface area contributed by atoms with Gasteiger partial charge in [-0.25, -0.2) is 5.48 Å². The minimum atomic E-state index is -4.51. The molecule has 1 aromatic carbocycles. The predicted octanol–water partition coefficient (Wildman–Crippen LogP) is 0.950. The van der Waals surface area contributed by atoms with Crippen molar-refractivity contribution in [3.8, 4) is 11.4 Å². The topological polar surface area (TPSA) is 81.9 Å². The Balaban J connectivity index is 1.87. The van der Waals surface area contributed by atoms with Crippen LogP contribution in [0.4, 0.5) is 13.2 Å². The van der Waals surface area contributed by atoms with E-state index in [1.807, 2.05) is 6.07 Å². The molecule has 0 spiro atoms. The summed E-state index contributed by atoms with van der Waals surface area (Å²) in [5.74, 6) is -0.518. The summed E-state index contributed by atoms with van der Waals surface area (Å²) in [5.41, 5.74) is 2.36. The summed E-state index contributed by atoms with van der Waals surface area (Å²) in [4.78, 5) is 16.3. The molecular formula is C11H10F3N5O2. The Kier molecular flexibility index (Phi) is 4.48. The first kappa shape index (κ1) is 14.9. The Morgan fingerprint density at radius 3 is 2.67 bits per heavy atom. The van der Waals surface area contributed by atoms with E-state index in [2.05, 4.69) is 20.2 Å². The molecule has 0 aliphatic carbocycles. The van der Waals surface area contributed by atoms with Gasteiger partial charge >= 0.3 is 6.18 Å². The van der Waals surface area contributed by atoms with Gasteiger partial charge in [-0.1, -0.05) is 30.3 Å². The van der Waals surface area contributed by atoms with Crippen LogP contribution < -0.4 is 5.48 Å². The zero-order chi connectivity index (χ0) is 15.3. The van der Waals surface area contributed by atoms with Crippen molar-refractivity contribution in [3.05, 3.63) is 30.3 Å². The number of nitrogens with one attached hydrogen (secondary N) is 1. The Labute approximate surface area is 116 Å². The predicted molar refractivity (Wildman–Crippen MR) is 63.4 cm³/mol. The van der Waals surface area contributed by atoms with E-state index in [0.717, 1.165) is 4.80 Å². The molecule has 1 N–H and O–H groups in total. The first-order valence-corrected chi connectivity index (χ1v) is 5.75. The normalized spacial score (nSPS) is 11.4. The quantitative estimate of drug-likeness (QED) is 0.832. The number of nitrogens with zero attached hydrogens (tertiary/aromatic N) is 4. The third-order valence-corrected chi connectivity index (χ3v) is 2.19. The van der Waals surface area contributed by atoms with Crippen molar-refractivity contribution in [1.29, 1.82) is 0 Å². The summed E-state index contributed by atoms with van der Waals surface area (Å²) in [6.45, 7) is -1.98. The average molecular weight is 301 g/mol. The monoisotopic (exact) mass is 301 g/mol. The molecular weight excluding hydrogens is 291 g/mol. The second kappa shape index (κ2) is 6.31. The van der Waals surface area contributed by atoms with Gasteiger partial charge in [0.2, 0.25) is 5.82 Å². The van der Waals surface area contributed by atoms with E-state index in [0.29, 0.717) is 11.4 Å². The summed E-state index contributed by atoms with van der Waals surface area (Å²) in [5, 5.41) is 11.3. The number of carbonyl (C=O) groups is 1. The first-order valence-electron chi connectivity index (χ1n) is 5.75. The maximum absolute atomic E-state index is 11.8. The standard InChI is InChI=1S/C11H10F3N5O2/c12-11(13,14)7-21-17-9(20)6-19-16-10(15-18-19)8-4-2-1-3-5-8/h1-5H,6-7H2,(H,17,20). The highest BCUT2D eigenvalue weighted by Crippen LogP contribution is 2.13. The molecule has 0 bridgehead atoms. The van der Waals surface area contributed by atoms with Crippen LogP contribution in [-0.2, 0) is 16.2 Å². The molecule has 1 amide bonds. The molecule has 2 aromatic rings. The van der Waals surface area contributed by atoms with Crippen molar-refractivity contribution in [2.45, 2.75) is 12.7 Å². The second-order valence-corrected chi connectivity index (χ2v) is 3.94. The van der Waals surface area contributed by atoms with Crippen LogP contribution >= 0.6 is 0 Å². The Hall–Kier alpha value is -2.49. The zero-order valence-corrected chi connectivity index (χ0v) is 10.5. The van der Waals surface area contributed by atoms with E-state index in [9.17, 15) is 18.0 Å². The lowest BCUT2D eigenvalue weighted by Crippen LogP contribution is -2.32. The number of tetrazole rings is 1. The second-order valence-electron chi connectivity index (χ2n) is 3.94. The number of hydroxylamine groups is 1. The molecule has 1 heterocycles. The molecule has 1 aromatic heterocycles. The van der Waals surface area contributed by atoms with Gasteiger partial charge in [0.1, 0.15) is 6.54 Å². The van der Waals surface area contributed by atoms with E-state index >= 15 is 0 Å². The molecule has 0 aliphatic rings. The molecule has 0 aliphatic heterocycles. The highest BCUT2D eigenvalue weighted by atomic mass is 19.4. The largest absolute Gasteiger partial charge is 0.414 e. The lowest BCUT2D eigenvalue weighted by molar-refractivity contribution is -0.192. The van der Waals surface area contributed by atoms with Crippen LogP contribution in [0.25, 0.3) is 11.4 Å². The number of carbonyl (C=O) groups excluding carboxylic acids is 1. The highest BCUT2D eigenvalue weighted by molar-refractivity contribution is 5.74. The van der Waals surface area contributed by atoms with Crippen LogP contribution in [0, 0.1) is 0 Å². The van der Waals surface area contributed by atoms with Gasteiger partial charge < -0.3 is 0 Å². The molecule has 0 unspecified atom stereocenters. The fraction of sp³-hybridized carbons (Fsp3) is 0.273. The van der Waals surface area contributed by atoms with Crippen LogP contribution in [0.15, 0.2) is 30.3 Å². The Morgan fingerprint density at radius 1 is 1.29 bits per heavy atom. The number of halogens is 3. The van der Waals surface area contributed by atoms with Gasteiger partial charge in [-0.05, 0) is 5.21 Å². The zero-order valence-electron chi connectivity index (χ0n) is 10.5. The maximum Gasteiger partial charge on any atom is 0.414 e. The van der Waals surface area contributed by atoms with Crippen molar-refractivity contribution < 1.29 is 22.8 Å². The molecule has 0 radical (unpaired) electrons. The van der Waals surface area contributed by atoms with Crippen LogP contribution in [0.1, 0.15) is 0 Å². The van der Waals surface area contributed by atoms with E-state index in [4.69, 9.17) is 0 Å². The SMILES string of the molecule is O=C(Cn1nnc(-c2ccccc2)n1)NOCC(F)(F)F. The van der Waals surface area contributed by atoms with Crippen molar-refractivity contribution in [2.75, 3.05) is 6.61 Å². The number of aromatic nitrogens is 4. The van der Waals surface area contributed by atoms with E-state index in [-0.39, 0.29) is 0 Å². The number of hydrogen-bond donors (Lipinski definition) is 1. The van der Waals surface area contributed by atoms with Gasteiger partial charge in [0, 0.05) is 5.56 Å². The van der Waals surface area contributed by atoms with Gasteiger partial charge in [0.25, 0.3) is 5.91 Å². The Bertz CT molecular complexity index is 599. The molecule has 7 nitrogen and oxygen atoms in total. The minimum absolute atomic E-state index is 0.305.